The Morgan fingerprint density at radius 3 is 1.59 bits per heavy atom. The summed E-state index contributed by atoms with van der Waals surface area (Å²) >= 11 is 9.82. The van der Waals surface area contributed by atoms with Gasteiger partial charge in [-0.2, -0.15) is 0 Å². The van der Waals surface area contributed by atoms with Crippen LogP contribution in [-0.4, -0.2) is 0 Å². The van der Waals surface area contributed by atoms with Crippen LogP contribution < -0.4 is 0 Å². The van der Waals surface area contributed by atoms with E-state index >= 15 is 0 Å². The molecule has 0 N–H and O–H groups in total. The van der Waals surface area contributed by atoms with Crippen molar-refractivity contribution in [3.05, 3.63) is 150 Å². The zero-order valence-electron chi connectivity index (χ0n) is 18.1. The molecular weight excluding hydrogens is 659 g/mol. The molecule has 0 atom stereocenters. The lowest BCUT2D eigenvalue weighted by Crippen LogP contribution is -2.28. The summed E-state index contributed by atoms with van der Waals surface area (Å²) in [5, 5.41) is 0. The molecule has 0 saturated heterocycles. The number of rotatable bonds is 3. The van der Waals surface area contributed by atoms with Crippen LogP contribution in [0.4, 0.5) is 0 Å². The highest BCUT2D eigenvalue weighted by Crippen LogP contribution is 2.57. The Morgan fingerprint density at radius 2 is 1.00 bits per heavy atom. The first kappa shape index (κ1) is 22.3. The van der Waals surface area contributed by atoms with Gasteiger partial charge in [0, 0.05) is 12.5 Å². The molecule has 5 aromatic rings. The normalized spacial score (nSPS) is 13.4. The van der Waals surface area contributed by atoms with E-state index in [4.69, 9.17) is 0 Å². The van der Waals surface area contributed by atoms with Crippen LogP contribution in [0.1, 0.15) is 22.3 Å². The van der Waals surface area contributed by atoms with Gasteiger partial charge in [0.25, 0.3) is 0 Å². The molecule has 5 aromatic carbocycles. The molecule has 0 spiro atoms. The zero-order valence-corrected chi connectivity index (χ0v) is 23.4. The molecule has 1 aliphatic rings. The average Bonchev–Trinajstić information content (AvgIpc) is 3.14. The summed E-state index contributed by atoms with van der Waals surface area (Å²) in [6.45, 7) is 0. The molecule has 3 heteroatoms. The van der Waals surface area contributed by atoms with Crippen LogP contribution in [0.3, 0.4) is 0 Å². The summed E-state index contributed by atoms with van der Waals surface area (Å²) in [6, 6.07) is 42.1. The van der Waals surface area contributed by atoms with E-state index in [1.54, 1.807) is 0 Å². The number of halogens is 3. The van der Waals surface area contributed by atoms with E-state index in [0.717, 1.165) is 8.95 Å². The Labute approximate surface area is 230 Å². The van der Waals surface area contributed by atoms with Gasteiger partial charge >= 0.3 is 0 Å². The highest BCUT2D eigenvalue weighted by Gasteiger charge is 2.46. The molecule has 0 aliphatic heterocycles. The highest BCUT2D eigenvalue weighted by molar-refractivity contribution is 14.1. The lowest BCUT2D eigenvalue weighted by Gasteiger charge is -2.34. The van der Waals surface area contributed by atoms with Crippen LogP contribution in [0.15, 0.2) is 124 Å². The van der Waals surface area contributed by atoms with Crippen LogP contribution in [-0.2, 0) is 5.41 Å². The van der Waals surface area contributed by atoms with Gasteiger partial charge in [0.05, 0.1) is 5.41 Å². The van der Waals surface area contributed by atoms with E-state index in [-0.39, 0.29) is 0 Å². The van der Waals surface area contributed by atoms with Crippen LogP contribution in [0, 0.1) is 3.57 Å². The van der Waals surface area contributed by atoms with E-state index in [1.807, 2.05) is 0 Å². The first-order chi connectivity index (χ1) is 16.6. The smallest absolute Gasteiger partial charge is 0.0622 e. The maximum Gasteiger partial charge on any atom is 0.0714 e. The number of hydrogen-bond donors (Lipinski definition) is 0. The standard InChI is InChI=1S/C31H19Br2I/c32-23-13-16-27-26-14-11-20(25-15-12-24(33)19-30(25)34)17-28(26)31(29(27)18-23,21-7-3-1-4-8-21)22-9-5-2-6-10-22/h1-19H. The minimum Gasteiger partial charge on any atom is -0.0622 e. The number of fused-ring (bicyclic) bond motifs is 3. The molecule has 34 heavy (non-hydrogen) atoms. The largest absolute Gasteiger partial charge is 0.0714 e. The lowest BCUT2D eigenvalue weighted by atomic mass is 9.67. The van der Waals surface area contributed by atoms with Gasteiger partial charge in [-0.1, -0.05) is 117 Å². The second-order valence-electron chi connectivity index (χ2n) is 8.56. The fourth-order valence-electron chi connectivity index (χ4n) is 5.35. The third kappa shape index (κ3) is 3.43. The third-order valence-corrected chi connectivity index (χ3v) is 8.63. The summed E-state index contributed by atoms with van der Waals surface area (Å²) in [7, 11) is 0. The van der Waals surface area contributed by atoms with Crippen molar-refractivity contribution in [1.29, 1.82) is 0 Å². The predicted molar refractivity (Wildman–Crippen MR) is 157 cm³/mol. The van der Waals surface area contributed by atoms with Gasteiger partial charge in [0.1, 0.15) is 0 Å². The fourth-order valence-corrected chi connectivity index (χ4v) is 7.33. The SMILES string of the molecule is Brc1ccc(-c2ccc3c(c2)C(c2ccccc2)(c2ccccc2)c2cc(Br)ccc2-3)c(I)c1. The van der Waals surface area contributed by atoms with Crippen molar-refractivity contribution in [2.45, 2.75) is 5.41 Å². The molecule has 0 bridgehead atoms. The second-order valence-corrected chi connectivity index (χ2v) is 11.6. The third-order valence-electron chi connectivity index (χ3n) is 6.76. The summed E-state index contributed by atoms with van der Waals surface area (Å²) in [5.41, 5.74) is 9.88. The van der Waals surface area contributed by atoms with Crippen LogP contribution in [0.2, 0.25) is 0 Å². The zero-order chi connectivity index (χ0) is 23.3. The highest BCUT2D eigenvalue weighted by atomic mass is 127. The fraction of sp³-hybridized carbons (Fsp3) is 0.0323. The van der Waals surface area contributed by atoms with Gasteiger partial charge < -0.3 is 0 Å². The first-order valence-electron chi connectivity index (χ1n) is 11.1. The number of hydrogen-bond acceptors (Lipinski definition) is 0. The van der Waals surface area contributed by atoms with E-state index < -0.39 is 5.41 Å². The summed E-state index contributed by atoms with van der Waals surface area (Å²) in [6.07, 6.45) is 0. The topological polar surface area (TPSA) is 0 Å². The molecule has 0 nitrogen and oxygen atoms in total. The lowest BCUT2D eigenvalue weighted by molar-refractivity contribution is 0.768. The first-order valence-corrected chi connectivity index (χ1v) is 13.8. The van der Waals surface area contributed by atoms with Crippen molar-refractivity contribution in [3.8, 4) is 22.3 Å². The maximum absolute atomic E-state index is 3.77. The van der Waals surface area contributed by atoms with Crippen molar-refractivity contribution in [2.75, 3.05) is 0 Å². The van der Waals surface area contributed by atoms with Crippen molar-refractivity contribution in [1.82, 2.24) is 0 Å². The van der Waals surface area contributed by atoms with Crippen molar-refractivity contribution in [3.63, 3.8) is 0 Å². The second kappa shape index (κ2) is 8.78. The van der Waals surface area contributed by atoms with Gasteiger partial charge in [-0.25, -0.2) is 0 Å². The van der Waals surface area contributed by atoms with Crippen LogP contribution in [0.5, 0.6) is 0 Å². The van der Waals surface area contributed by atoms with Crippen LogP contribution >= 0.6 is 54.5 Å². The van der Waals surface area contributed by atoms with Gasteiger partial charge in [-0.3, -0.25) is 0 Å². The number of benzene rings is 5. The molecule has 6 rings (SSSR count). The molecule has 0 saturated carbocycles. The Hall–Kier alpha value is -2.21. The van der Waals surface area contributed by atoms with E-state index in [9.17, 15) is 0 Å². The molecular formula is C31H19Br2I. The molecule has 0 amide bonds. The minimum absolute atomic E-state index is 0.395. The molecule has 0 aromatic heterocycles. The van der Waals surface area contributed by atoms with Gasteiger partial charge in [-0.05, 0) is 97.4 Å². The van der Waals surface area contributed by atoms with Crippen molar-refractivity contribution >= 4 is 54.5 Å². The van der Waals surface area contributed by atoms with Crippen molar-refractivity contribution in [2.24, 2.45) is 0 Å². The maximum atomic E-state index is 3.77. The van der Waals surface area contributed by atoms with Gasteiger partial charge in [0.2, 0.25) is 0 Å². The van der Waals surface area contributed by atoms with E-state index in [2.05, 4.69) is 170 Å². The van der Waals surface area contributed by atoms with Gasteiger partial charge in [-0.15, -0.1) is 0 Å². The summed E-state index contributed by atoms with van der Waals surface area (Å²) < 4.78 is 3.43. The predicted octanol–water partition coefficient (Wildman–Crippen LogP) is 9.85. The molecule has 0 unspecified atom stereocenters. The molecule has 0 radical (unpaired) electrons. The van der Waals surface area contributed by atoms with Gasteiger partial charge in [0.15, 0.2) is 0 Å². The minimum atomic E-state index is -0.395. The Bertz CT molecular complexity index is 1490. The summed E-state index contributed by atoms with van der Waals surface area (Å²) in [5.74, 6) is 0. The van der Waals surface area contributed by atoms with Crippen LogP contribution in [0.25, 0.3) is 22.3 Å². The molecule has 0 heterocycles. The quantitative estimate of drug-likeness (QED) is 0.164. The Morgan fingerprint density at radius 1 is 0.500 bits per heavy atom. The van der Waals surface area contributed by atoms with Crippen molar-refractivity contribution < 1.29 is 0 Å². The molecule has 164 valence electrons. The molecule has 0 fully saturated rings. The average molecular weight is 678 g/mol. The Balaban J connectivity index is 1.74. The molecule has 1 aliphatic carbocycles. The van der Waals surface area contributed by atoms with E-state index in [0.29, 0.717) is 0 Å². The van der Waals surface area contributed by atoms with E-state index in [1.165, 1.54) is 48.1 Å². The summed E-state index contributed by atoms with van der Waals surface area (Å²) in [4.78, 5) is 0. The monoisotopic (exact) mass is 676 g/mol. The Kier molecular flexibility index (Phi) is 5.75.